The molecule has 0 saturated carbocycles. The van der Waals surface area contributed by atoms with E-state index in [4.69, 9.17) is 5.11 Å². The molecule has 5 heteroatoms. The molecule has 0 aliphatic rings. The Morgan fingerprint density at radius 1 is 1.35 bits per heavy atom. The van der Waals surface area contributed by atoms with Crippen LogP contribution in [0.5, 0.6) is 0 Å². The number of aliphatic hydroxyl groups is 1. The van der Waals surface area contributed by atoms with Crippen molar-refractivity contribution in [1.29, 1.82) is 0 Å². The summed E-state index contributed by atoms with van der Waals surface area (Å²) in [4.78, 5) is 12.7. The van der Waals surface area contributed by atoms with Crippen molar-refractivity contribution in [1.82, 2.24) is 4.57 Å². The molecule has 0 spiro atoms. The smallest absolute Gasteiger partial charge is 0.307 e. The molecular weight excluding hydrogens is 277 g/mol. The van der Waals surface area contributed by atoms with Gasteiger partial charge in [-0.1, -0.05) is 23.2 Å². The Bertz CT molecular complexity index is 749. The highest BCUT2D eigenvalue weighted by Crippen LogP contribution is 2.14. The second kappa shape index (κ2) is 6.04. The highest BCUT2D eigenvalue weighted by molar-refractivity contribution is 7.09. The van der Waals surface area contributed by atoms with Gasteiger partial charge in [-0.15, -0.1) is 0 Å². The minimum absolute atomic E-state index is 0.0488. The fourth-order valence-corrected chi connectivity index (χ4v) is 2.74. The quantitative estimate of drug-likeness (QED) is 0.861. The van der Waals surface area contributed by atoms with Gasteiger partial charge in [-0.05, 0) is 37.6 Å². The lowest BCUT2D eigenvalue weighted by Crippen LogP contribution is -2.15. The first-order valence-electron chi connectivity index (χ1n) is 6.07. The Hall–Kier alpha value is -1.90. The van der Waals surface area contributed by atoms with Crippen molar-refractivity contribution < 1.29 is 9.50 Å². The molecule has 0 bridgehead atoms. The van der Waals surface area contributed by atoms with E-state index >= 15 is 0 Å². The van der Waals surface area contributed by atoms with Crippen LogP contribution in [0.4, 0.5) is 4.39 Å². The molecule has 0 aliphatic carbocycles. The Labute approximate surface area is 120 Å². The van der Waals surface area contributed by atoms with E-state index in [1.807, 2.05) is 13.8 Å². The third-order valence-electron chi connectivity index (χ3n) is 2.99. The zero-order valence-corrected chi connectivity index (χ0v) is 12.1. The Morgan fingerprint density at radius 3 is 2.70 bits per heavy atom. The van der Waals surface area contributed by atoms with E-state index in [1.165, 1.54) is 23.5 Å². The molecule has 0 amide bonds. The molecule has 1 aromatic carbocycles. The number of hydrogen-bond acceptors (Lipinski definition) is 3. The maximum atomic E-state index is 13.5. The fourth-order valence-electron chi connectivity index (χ4n) is 1.91. The van der Waals surface area contributed by atoms with Gasteiger partial charge in [0.1, 0.15) is 12.4 Å². The maximum absolute atomic E-state index is 13.5. The Balaban J connectivity index is 2.38. The largest absolute Gasteiger partial charge is 0.384 e. The molecule has 0 unspecified atom stereocenters. The summed E-state index contributed by atoms with van der Waals surface area (Å²) in [5.41, 5.74) is 2.06. The molecule has 2 rings (SSSR count). The highest BCUT2D eigenvalue weighted by atomic mass is 32.1. The normalized spacial score (nSPS) is 10.2. The average molecular weight is 291 g/mol. The predicted octanol–water partition coefficient (Wildman–Crippen LogP) is 2.06. The summed E-state index contributed by atoms with van der Waals surface area (Å²) in [5, 5.41) is 8.67. The van der Waals surface area contributed by atoms with Gasteiger partial charge in [0.15, 0.2) is 0 Å². The SMILES string of the molecule is Cc1sc(=O)n(Cc2cc(F)cc(C#CCO)c2)c1C. The standard InChI is InChI=1S/C15H14FNO2S/c1-10-11(2)20-15(19)17(10)9-13-6-12(4-3-5-18)7-14(16)8-13/h6-8,18H,5,9H2,1-2H3. The van der Waals surface area contributed by atoms with Crippen molar-refractivity contribution in [2.24, 2.45) is 0 Å². The first kappa shape index (κ1) is 14.5. The van der Waals surface area contributed by atoms with E-state index in [1.54, 1.807) is 10.6 Å². The second-order valence-corrected chi connectivity index (χ2v) is 5.57. The van der Waals surface area contributed by atoms with Crippen LogP contribution in [0.25, 0.3) is 0 Å². The number of nitrogens with zero attached hydrogens (tertiary/aromatic N) is 1. The van der Waals surface area contributed by atoms with Crippen LogP contribution in [0.2, 0.25) is 0 Å². The summed E-state index contributed by atoms with van der Waals surface area (Å²) in [7, 11) is 0. The predicted molar refractivity (Wildman–Crippen MR) is 77.5 cm³/mol. The molecule has 0 saturated heterocycles. The molecule has 3 nitrogen and oxygen atoms in total. The summed E-state index contributed by atoms with van der Waals surface area (Å²) < 4.78 is 15.2. The van der Waals surface area contributed by atoms with Gasteiger partial charge in [-0.2, -0.15) is 0 Å². The van der Waals surface area contributed by atoms with Crippen molar-refractivity contribution in [3.05, 3.63) is 55.4 Å². The number of aliphatic hydroxyl groups excluding tert-OH is 1. The van der Waals surface area contributed by atoms with Crippen molar-refractivity contribution >= 4 is 11.3 Å². The van der Waals surface area contributed by atoms with E-state index in [-0.39, 0.29) is 11.5 Å². The zero-order chi connectivity index (χ0) is 14.7. The van der Waals surface area contributed by atoms with Crippen LogP contribution < -0.4 is 4.87 Å². The fraction of sp³-hybridized carbons (Fsp3) is 0.267. The maximum Gasteiger partial charge on any atom is 0.307 e. The van der Waals surface area contributed by atoms with E-state index in [2.05, 4.69) is 11.8 Å². The minimum atomic E-state index is -0.401. The molecule has 0 radical (unpaired) electrons. The summed E-state index contributed by atoms with van der Waals surface area (Å²) in [6.07, 6.45) is 0. The number of hydrogen-bond donors (Lipinski definition) is 1. The first-order chi connectivity index (χ1) is 9.51. The van der Waals surface area contributed by atoms with Crippen LogP contribution in [0.1, 0.15) is 21.7 Å². The van der Waals surface area contributed by atoms with Crippen LogP contribution in [0.3, 0.4) is 0 Å². The molecule has 1 heterocycles. The molecule has 0 aliphatic heterocycles. The van der Waals surface area contributed by atoms with E-state index in [0.717, 1.165) is 10.6 Å². The van der Waals surface area contributed by atoms with Gasteiger partial charge in [-0.3, -0.25) is 9.36 Å². The van der Waals surface area contributed by atoms with Gasteiger partial charge < -0.3 is 5.11 Å². The van der Waals surface area contributed by atoms with Gasteiger partial charge in [0, 0.05) is 16.1 Å². The zero-order valence-electron chi connectivity index (χ0n) is 11.2. The Kier molecular flexibility index (Phi) is 4.38. The molecule has 2 aromatic rings. The van der Waals surface area contributed by atoms with Crippen LogP contribution in [0, 0.1) is 31.5 Å². The summed E-state index contributed by atoms with van der Waals surface area (Å²) in [6.45, 7) is 3.81. The molecule has 1 aromatic heterocycles. The molecule has 0 fully saturated rings. The third kappa shape index (κ3) is 3.16. The number of halogens is 1. The number of rotatable bonds is 2. The highest BCUT2D eigenvalue weighted by Gasteiger charge is 2.09. The van der Waals surface area contributed by atoms with Crippen molar-refractivity contribution in [3.8, 4) is 11.8 Å². The van der Waals surface area contributed by atoms with Crippen molar-refractivity contribution in [2.75, 3.05) is 6.61 Å². The Morgan fingerprint density at radius 2 is 2.10 bits per heavy atom. The van der Waals surface area contributed by atoms with Crippen LogP contribution in [0.15, 0.2) is 23.0 Å². The lowest BCUT2D eigenvalue weighted by Gasteiger charge is -2.06. The molecule has 104 valence electrons. The average Bonchev–Trinajstić information content (AvgIpc) is 2.62. The van der Waals surface area contributed by atoms with E-state index < -0.39 is 5.82 Å². The van der Waals surface area contributed by atoms with E-state index in [9.17, 15) is 9.18 Å². The first-order valence-corrected chi connectivity index (χ1v) is 6.89. The van der Waals surface area contributed by atoms with Gasteiger partial charge in [0.05, 0.1) is 6.54 Å². The van der Waals surface area contributed by atoms with Gasteiger partial charge in [0.25, 0.3) is 0 Å². The van der Waals surface area contributed by atoms with Crippen LogP contribution >= 0.6 is 11.3 Å². The molecular formula is C15H14FNO2S. The number of thiazole rings is 1. The summed E-state index contributed by atoms with van der Waals surface area (Å²) in [5.74, 6) is 4.75. The van der Waals surface area contributed by atoms with Crippen LogP contribution in [-0.4, -0.2) is 16.3 Å². The monoisotopic (exact) mass is 291 g/mol. The third-order valence-corrected chi connectivity index (χ3v) is 3.98. The summed E-state index contributed by atoms with van der Waals surface area (Å²) >= 11 is 1.19. The number of aryl methyl sites for hydroxylation is 1. The lowest BCUT2D eigenvalue weighted by atomic mass is 10.1. The van der Waals surface area contributed by atoms with Crippen molar-refractivity contribution in [2.45, 2.75) is 20.4 Å². The lowest BCUT2D eigenvalue weighted by molar-refractivity contribution is 0.350. The minimum Gasteiger partial charge on any atom is -0.384 e. The van der Waals surface area contributed by atoms with Crippen LogP contribution in [-0.2, 0) is 6.54 Å². The van der Waals surface area contributed by atoms with Crippen molar-refractivity contribution in [3.63, 3.8) is 0 Å². The van der Waals surface area contributed by atoms with Gasteiger partial charge in [-0.25, -0.2) is 4.39 Å². The van der Waals surface area contributed by atoms with Gasteiger partial charge in [0.2, 0.25) is 0 Å². The van der Waals surface area contributed by atoms with Gasteiger partial charge >= 0.3 is 4.87 Å². The van der Waals surface area contributed by atoms with E-state index in [0.29, 0.717) is 17.7 Å². The second-order valence-electron chi connectivity index (χ2n) is 4.40. The topological polar surface area (TPSA) is 42.2 Å². The molecule has 0 atom stereocenters. The molecule has 20 heavy (non-hydrogen) atoms. The molecule has 1 N–H and O–H groups in total. The number of benzene rings is 1. The number of aromatic nitrogens is 1. The summed E-state index contributed by atoms with van der Waals surface area (Å²) in [6, 6.07) is 4.42.